The maximum absolute atomic E-state index is 12.3. The summed E-state index contributed by atoms with van der Waals surface area (Å²) in [7, 11) is 0. The minimum atomic E-state index is -0.736. The number of esters is 1. The van der Waals surface area contributed by atoms with E-state index < -0.39 is 17.8 Å². The van der Waals surface area contributed by atoms with Gasteiger partial charge in [-0.15, -0.1) is 11.3 Å². The Hall–Kier alpha value is -3.39. The van der Waals surface area contributed by atoms with E-state index in [4.69, 9.17) is 15.2 Å². The number of primary amides is 1. The number of carbonyl (C=O) groups is 3. The second-order valence-electron chi connectivity index (χ2n) is 6.19. The fraction of sp³-hybridized carbons (Fsp3) is 0.190. The van der Waals surface area contributed by atoms with Crippen LogP contribution < -0.4 is 15.8 Å². The molecule has 29 heavy (non-hydrogen) atoms. The lowest BCUT2D eigenvalue weighted by Crippen LogP contribution is -2.22. The first-order valence-corrected chi connectivity index (χ1v) is 9.74. The third kappa shape index (κ3) is 4.55. The summed E-state index contributed by atoms with van der Waals surface area (Å²) in [4.78, 5) is 36.4. The number of benzene rings is 2. The standard InChI is InChI=1S/C21H20N2O5S/c1-3-27-21(26)18-12(2)17(19(22)25)20(29-18)23-16(24)11-28-15-9-8-13-6-4-5-7-14(13)10-15/h4-10H,3,11H2,1-2H3,(H2,22,25)(H,23,24). The van der Waals surface area contributed by atoms with Crippen LogP contribution in [0.1, 0.15) is 32.5 Å². The molecular formula is C21H20N2O5S. The molecule has 0 bridgehead atoms. The maximum Gasteiger partial charge on any atom is 0.348 e. The molecule has 0 spiro atoms. The molecule has 1 aromatic heterocycles. The average molecular weight is 412 g/mol. The zero-order valence-corrected chi connectivity index (χ0v) is 16.8. The summed E-state index contributed by atoms with van der Waals surface area (Å²) in [5.41, 5.74) is 5.91. The van der Waals surface area contributed by atoms with Crippen molar-refractivity contribution in [3.05, 3.63) is 58.5 Å². The van der Waals surface area contributed by atoms with Gasteiger partial charge in [0.15, 0.2) is 6.61 Å². The Morgan fingerprint density at radius 2 is 1.83 bits per heavy atom. The number of nitrogens with two attached hydrogens (primary N) is 1. The molecule has 150 valence electrons. The first-order chi connectivity index (χ1) is 13.9. The van der Waals surface area contributed by atoms with Crippen molar-refractivity contribution in [1.29, 1.82) is 0 Å². The van der Waals surface area contributed by atoms with E-state index in [1.165, 1.54) is 0 Å². The van der Waals surface area contributed by atoms with Gasteiger partial charge in [0.25, 0.3) is 11.8 Å². The fourth-order valence-electron chi connectivity index (χ4n) is 2.86. The van der Waals surface area contributed by atoms with E-state index in [0.29, 0.717) is 11.3 Å². The molecule has 0 radical (unpaired) electrons. The number of carbonyl (C=O) groups excluding carboxylic acids is 3. The van der Waals surface area contributed by atoms with Gasteiger partial charge in [0.05, 0.1) is 12.2 Å². The molecule has 2 aromatic carbocycles. The Balaban J connectivity index is 1.73. The number of thiophene rings is 1. The number of amides is 2. The third-order valence-electron chi connectivity index (χ3n) is 4.20. The Bertz CT molecular complexity index is 1090. The van der Waals surface area contributed by atoms with Gasteiger partial charge in [-0.2, -0.15) is 0 Å². The molecule has 0 saturated heterocycles. The Kier molecular flexibility index (Phi) is 6.13. The maximum atomic E-state index is 12.3. The zero-order valence-electron chi connectivity index (χ0n) is 16.0. The molecule has 0 aliphatic rings. The van der Waals surface area contributed by atoms with Crippen molar-refractivity contribution in [1.82, 2.24) is 0 Å². The number of rotatable bonds is 7. The molecule has 8 heteroatoms. The van der Waals surface area contributed by atoms with Gasteiger partial charge >= 0.3 is 5.97 Å². The quantitative estimate of drug-likeness (QED) is 0.578. The Morgan fingerprint density at radius 3 is 2.52 bits per heavy atom. The normalized spacial score (nSPS) is 10.6. The van der Waals surface area contributed by atoms with Crippen LogP contribution in [0.25, 0.3) is 10.8 Å². The molecule has 0 aliphatic heterocycles. The molecule has 0 atom stereocenters. The number of nitrogens with one attached hydrogen (secondary N) is 1. The number of anilines is 1. The highest BCUT2D eigenvalue weighted by molar-refractivity contribution is 7.18. The SMILES string of the molecule is CCOC(=O)c1sc(NC(=O)COc2ccc3ccccc3c2)c(C(N)=O)c1C. The van der Waals surface area contributed by atoms with E-state index in [-0.39, 0.29) is 28.7 Å². The van der Waals surface area contributed by atoms with Gasteiger partial charge in [-0.25, -0.2) is 4.79 Å². The fourth-order valence-corrected chi connectivity index (χ4v) is 3.98. The van der Waals surface area contributed by atoms with Crippen molar-refractivity contribution < 1.29 is 23.9 Å². The van der Waals surface area contributed by atoms with Crippen molar-refractivity contribution in [3.8, 4) is 5.75 Å². The first-order valence-electron chi connectivity index (χ1n) is 8.92. The third-order valence-corrected chi connectivity index (χ3v) is 5.39. The van der Waals surface area contributed by atoms with Crippen LogP contribution >= 0.6 is 11.3 Å². The molecule has 0 fully saturated rings. The van der Waals surface area contributed by atoms with Crippen molar-refractivity contribution in [2.75, 3.05) is 18.5 Å². The van der Waals surface area contributed by atoms with Crippen molar-refractivity contribution in [2.45, 2.75) is 13.8 Å². The van der Waals surface area contributed by atoms with Crippen LogP contribution in [-0.4, -0.2) is 31.0 Å². The van der Waals surface area contributed by atoms with Gasteiger partial charge in [0.2, 0.25) is 0 Å². The van der Waals surface area contributed by atoms with Crippen LogP contribution in [0.15, 0.2) is 42.5 Å². The van der Waals surface area contributed by atoms with Crippen LogP contribution in [-0.2, 0) is 9.53 Å². The Morgan fingerprint density at radius 1 is 1.10 bits per heavy atom. The molecule has 3 aromatic rings. The lowest BCUT2D eigenvalue weighted by atomic mass is 10.1. The monoisotopic (exact) mass is 412 g/mol. The van der Waals surface area contributed by atoms with Crippen molar-refractivity contribution >= 4 is 44.9 Å². The number of ether oxygens (including phenoxy) is 2. The number of hydrogen-bond acceptors (Lipinski definition) is 6. The van der Waals surface area contributed by atoms with E-state index in [1.54, 1.807) is 19.9 Å². The highest BCUT2D eigenvalue weighted by atomic mass is 32.1. The van der Waals surface area contributed by atoms with Gasteiger partial charge in [0.1, 0.15) is 15.6 Å². The van der Waals surface area contributed by atoms with E-state index in [2.05, 4.69) is 5.32 Å². The summed E-state index contributed by atoms with van der Waals surface area (Å²) in [6.07, 6.45) is 0. The van der Waals surface area contributed by atoms with Crippen molar-refractivity contribution in [3.63, 3.8) is 0 Å². The largest absolute Gasteiger partial charge is 0.484 e. The first kappa shape index (κ1) is 20.3. The van der Waals surface area contributed by atoms with Crippen LogP contribution in [0.4, 0.5) is 5.00 Å². The van der Waals surface area contributed by atoms with E-state index in [1.807, 2.05) is 36.4 Å². The summed E-state index contributed by atoms with van der Waals surface area (Å²) >= 11 is 0.952. The van der Waals surface area contributed by atoms with Crippen LogP contribution in [0.3, 0.4) is 0 Å². The summed E-state index contributed by atoms with van der Waals surface area (Å²) in [6.45, 7) is 3.21. The molecule has 0 unspecified atom stereocenters. The summed E-state index contributed by atoms with van der Waals surface area (Å²) in [5.74, 6) is -1.23. The van der Waals surface area contributed by atoms with E-state index in [9.17, 15) is 14.4 Å². The van der Waals surface area contributed by atoms with Gasteiger partial charge in [-0.1, -0.05) is 30.3 Å². The molecule has 1 heterocycles. The molecule has 3 rings (SSSR count). The molecule has 0 saturated carbocycles. The topological polar surface area (TPSA) is 108 Å². The molecule has 2 amide bonds. The van der Waals surface area contributed by atoms with E-state index in [0.717, 1.165) is 22.1 Å². The van der Waals surface area contributed by atoms with Crippen LogP contribution in [0.2, 0.25) is 0 Å². The molecule has 0 aliphatic carbocycles. The predicted molar refractivity (Wildman–Crippen MR) is 112 cm³/mol. The number of fused-ring (bicyclic) bond motifs is 1. The molecule has 7 nitrogen and oxygen atoms in total. The van der Waals surface area contributed by atoms with Gasteiger partial charge in [-0.05, 0) is 42.3 Å². The highest BCUT2D eigenvalue weighted by Crippen LogP contribution is 2.33. The van der Waals surface area contributed by atoms with Crippen molar-refractivity contribution in [2.24, 2.45) is 5.73 Å². The average Bonchev–Trinajstić information content (AvgIpc) is 3.02. The van der Waals surface area contributed by atoms with Gasteiger partial charge in [0, 0.05) is 0 Å². The second kappa shape index (κ2) is 8.74. The predicted octanol–water partition coefficient (Wildman–Crippen LogP) is 3.50. The lowest BCUT2D eigenvalue weighted by Gasteiger charge is -2.08. The smallest absolute Gasteiger partial charge is 0.348 e. The van der Waals surface area contributed by atoms with Gasteiger partial charge < -0.3 is 20.5 Å². The summed E-state index contributed by atoms with van der Waals surface area (Å²) in [5, 5.41) is 4.86. The zero-order chi connectivity index (χ0) is 21.0. The van der Waals surface area contributed by atoms with Crippen LogP contribution in [0, 0.1) is 6.92 Å². The minimum Gasteiger partial charge on any atom is -0.484 e. The minimum absolute atomic E-state index is 0.0945. The highest BCUT2D eigenvalue weighted by Gasteiger charge is 2.25. The Labute approximate surface area is 171 Å². The molecular weight excluding hydrogens is 392 g/mol. The van der Waals surface area contributed by atoms with Crippen LogP contribution in [0.5, 0.6) is 5.75 Å². The van der Waals surface area contributed by atoms with Gasteiger partial charge in [-0.3, -0.25) is 9.59 Å². The molecule has 3 N–H and O–H groups in total. The lowest BCUT2D eigenvalue weighted by molar-refractivity contribution is -0.118. The summed E-state index contributed by atoms with van der Waals surface area (Å²) in [6, 6.07) is 13.3. The summed E-state index contributed by atoms with van der Waals surface area (Å²) < 4.78 is 10.5. The van der Waals surface area contributed by atoms with E-state index >= 15 is 0 Å². The second-order valence-corrected chi connectivity index (χ2v) is 7.21. The number of hydrogen-bond donors (Lipinski definition) is 2.